The smallest absolute Gasteiger partial charge is 0.0433 e. The second kappa shape index (κ2) is 12.4. The summed E-state index contributed by atoms with van der Waals surface area (Å²) >= 11 is 1.94. The first-order valence-corrected chi connectivity index (χ1v) is 22.4. The fourth-order valence-electron chi connectivity index (χ4n) is 11.4. The first-order valence-electron chi connectivity index (χ1n) is 21.6. The van der Waals surface area contributed by atoms with Crippen LogP contribution in [-0.4, -0.2) is 0 Å². The Balaban J connectivity index is 0.917. The molecule has 2 aliphatic carbocycles. The Kier molecular flexibility index (Phi) is 7.11. The maximum atomic E-state index is 2.50. The molecule has 0 N–H and O–H groups in total. The molecule has 0 radical (unpaired) electrons. The largest absolute Gasteiger partial charge is 0.135 e. The van der Waals surface area contributed by atoms with E-state index in [0.29, 0.717) is 0 Å². The van der Waals surface area contributed by atoms with Gasteiger partial charge in [0.25, 0.3) is 0 Å². The third-order valence-electron chi connectivity index (χ3n) is 14.4. The van der Waals surface area contributed by atoms with Gasteiger partial charge in [0.05, 0.1) is 0 Å². The van der Waals surface area contributed by atoms with Gasteiger partial charge >= 0.3 is 0 Å². The van der Waals surface area contributed by atoms with E-state index in [4.69, 9.17) is 0 Å². The van der Waals surface area contributed by atoms with Crippen LogP contribution in [0.5, 0.6) is 0 Å². The molecule has 11 aromatic rings. The first kappa shape index (κ1) is 35.0. The number of fused-ring (bicyclic) bond motifs is 13. The van der Waals surface area contributed by atoms with Crippen molar-refractivity contribution >= 4 is 63.8 Å². The third kappa shape index (κ3) is 4.81. The number of hydrogen-bond acceptors (Lipinski definition) is 1. The van der Waals surface area contributed by atoms with Crippen molar-refractivity contribution < 1.29 is 0 Å². The van der Waals surface area contributed by atoms with Gasteiger partial charge in [-0.25, -0.2) is 0 Å². The summed E-state index contributed by atoms with van der Waals surface area (Å²) in [6.07, 6.45) is 0. The molecule has 13 rings (SSSR count). The lowest BCUT2D eigenvalue weighted by molar-refractivity contribution is 0.660. The third-order valence-corrected chi connectivity index (χ3v) is 15.7. The molecule has 10 aromatic carbocycles. The molecule has 2 aliphatic rings. The summed E-state index contributed by atoms with van der Waals surface area (Å²) in [4.78, 5) is 0. The van der Waals surface area contributed by atoms with Crippen molar-refractivity contribution in [1.29, 1.82) is 0 Å². The summed E-state index contributed by atoms with van der Waals surface area (Å²) in [5.74, 6) is 0. The molecule has 1 heterocycles. The molecule has 0 atom stereocenters. The summed E-state index contributed by atoms with van der Waals surface area (Å²) < 4.78 is 2.76. The van der Waals surface area contributed by atoms with Gasteiger partial charge < -0.3 is 0 Å². The summed E-state index contributed by atoms with van der Waals surface area (Å²) in [5, 5.41) is 10.6. The van der Waals surface area contributed by atoms with E-state index >= 15 is 0 Å². The highest BCUT2D eigenvalue weighted by Crippen LogP contribution is 2.55. The first-order chi connectivity index (χ1) is 29.8. The van der Waals surface area contributed by atoms with Crippen LogP contribution in [0.1, 0.15) is 49.9 Å². The van der Waals surface area contributed by atoms with Crippen LogP contribution in [0.4, 0.5) is 0 Å². The van der Waals surface area contributed by atoms with Crippen LogP contribution in [0, 0.1) is 0 Å². The van der Waals surface area contributed by atoms with Crippen LogP contribution in [-0.2, 0) is 10.8 Å². The molecule has 0 fully saturated rings. The average molecular weight is 795 g/mol. The predicted octanol–water partition coefficient (Wildman–Crippen LogP) is 17.1. The molecular formula is C60H42S. The van der Waals surface area contributed by atoms with Gasteiger partial charge in [-0.2, -0.15) is 0 Å². The van der Waals surface area contributed by atoms with E-state index in [-0.39, 0.29) is 10.8 Å². The molecule has 0 unspecified atom stereocenters. The standard InChI is InChI=1S/C60H42S/c1-59(2)51-29-25-37(38-23-26-42-49-34-55-50(33-54(49)60(3,4)52(42)31-38)47-28-22-35-14-8-9-17-40(35)58(47)61-55)30-48(51)41-27-24-39(32-53(41)59)57-45-20-12-10-18-43(45)56(36-15-6-5-7-16-36)44-19-11-13-21-46(44)57/h5-34H,1-4H3. The number of thiophene rings is 1. The molecule has 0 bridgehead atoms. The highest BCUT2D eigenvalue weighted by Gasteiger charge is 2.38. The normalized spacial score (nSPS) is 14.5. The second-order valence-electron chi connectivity index (χ2n) is 18.4. The monoisotopic (exact) mass is 794 g/mol. The van der Waals surface area contributed by atoms with Gasteiger partial charge in [-0.3, -0.25) is 0 Å². The molecule has 288 valence electrons. The molecular weight excluding hydrogens is 753 g/mol. The fraction of sp³-hybridized carbons (Fsp3) is 0.100. The highest BCUT2D eigenvalue weighted by atomic mass is 32.1. The van der Waals surface area contributed by atoms with Crippen molar-refractivity contribution in [3.8, 4) is 55.6 Å². The number of hydrogen-bond donors (Lipinski definition) is 0. The van der Waals surface area contributed by atoms with Gasteiger partial charge in [0, 0.05) is 31.0 Å². The summed E-state index contributed by atoms with van der Waals surface area (Å²) in [7, 11) is 0. The van der Waals surface area contributed by atoms with Crippen LogP contribution in [0.25, 0.3) is 108 Å². The van der Waals surface area contributed by atoms with Crippen LogP contribution in [0.15, 0.2) is 182 Å². The van der Waals surface area contributed by atoms with E-state index in [1.165, 1.54) is 130 Å². The second-order valence-corrected chi connectivity index (χ2v) is 19.4. The van der Waals surface area contributed by atoms with Crippen molar-refractivity contribution in [1.82, 2.24) is 0 Å². The maximum Gasteiger partial charge on any atom is 0.0433 e. The van der Waals surface area contributed by atoms with Gasteiger partial charge in [-0.15, -0.1) is 11.3 Å². The fourth-order valence-corrected chi connectivity index (χ4v) is 12.6. The topological polar surface area (TPSA) is 0 Å². The van der Waals surface area contributed by atoms with E-state index < -0.39 is 0 Å². The lowest BCUT2D eigenvalue weighted by Gasteiger charge is -2.23. The Bertz CT molecular complexity index is 3630. The quantitative estimate of drug-likeness (QED) is 0.156. The maximum absolute atomic E-state index is 2.50. The Morgan fingerprint density at radius 2 is 0.820 bits per heavy atom. The molecule has 0 saturated carbocycles. The van der Waals surface area contributed by atoms with E-state index in [2.05, 4.69) is 210 Å². The van der Waals surface area contributed by atoms with Crippen molar-refractivity contribution in [2.75, 3.05) is 0 Å². The van der Waals surface area contributed by atoms with Gasteiger partial charge in [0.15, 0.2) is 0 Å². The Morgan fingerprint density at radius 3 is 1.51 bits per heavy atom. The zero-order valence-electron chi connectivity index (χ0n) is 34.7. The number of benzene rings is 10. The average Bonchev–Trinajstić information content (AvgIpc) is 3.86. The minimum absolute atomic E-state index is 0.116. The minimum Gasteiger partial charge on any atom is -0.135 e. The van der Waals surface area contributed by atoms with Crippen molar-refractivity contribution in [3.63, 3.8) is 0 Å². The van der Waals surface area contributed by atoms with Crippen LogP contribution >= 0.6 is 11.3 Å². The molecule has 1 heteroatoms. The molecule has 0 amide bonds. The van der Waals surface area contributed by atoms with E-state index in [1.807, 2.05) is 11.3 Å². The van der Waals surface area contributed by atoms with Gasteiger partial charge in [-0.1, -0.05) is 179 Å². The molecule has 0 saturated heterocycles. The van der Waals surface area contributed by atoms with Gasteiger partial charge in [0.1, 0.15) is 0 Å². The molecule has 0 spiro atoms. The lowest BCUT2D eigenvalue weighted by Crippen LogP contribution is -2.15. The molecule has 61 heavy (non-hydrogen) atoms. The molecule has 0 aliphatic heterocycles. The molecule has 0 nitrogen and oxygen atoms in total. The van der Waals surface area contributed by atoms with Gasteiger partial charge in [-0.05, 0) is 141 Å². The zero-order valence-corrected chi connectivity index (χ0v) is 35.5. The summed E-state index contributed by atoms with van der Waals surface area (Å²) in [6, 6.07) is 68.9. The van der Waals surface area contributed by atoms with Crippen LogP contribution in [0.2, 0.25) is 0 Å². The van der Waals surface area contributed by atoms with E-state index in [0.717, 1.165) is 0 Å². The summed E-state index contributed by atoms with van der Waals surface area (Å²) in [5.41, 5.74) is 18.5. The minimum atomic E-state index is -0.139. The van der Waals surface area contributed by atoms with Crippen molar-refractivity contribution in [3.05, 3.63) is 204 Å². The van der Waals surface area contributed by atoms with Crippen molar-refractivity contribution in [2.24, 2.45) is 0 Å². The van der Waals surface area contributed by atoms with Crippen LogP contribution < -0.4 is 0 Å². The summed E-state index contributed by atoms with van der Waals surface area (Å²) in [6.45, 7) is 9.64. The molecule has 1 aromatic heterocycles. The van der Waals surface area contributed by atoms with E-state index in [1.54, 1.807) is 0 Å². The van der Waals surface area contributed by atoms with Crippen LogP contribution in [0.3, 0.4) is 0 Å². The number of rotatable bonds is 3. The van der Waals surface area contributed by atoms with Gasteiger partial charge in [0.2, 0.25) is 0 Å². The highest BCUT2D eigenvalue weighted by molar-refractivity contribution is 7.26. The van der Waals surface area contributed by atoms with Crippen molar-refractivity contribution in [2.45, 2.75) is 38.5 Å². The Labute approximate surface area is 360 Å². The zero-order chi connectivity index (χ0) is 40.8. The Morgan fingerprint density at radius 1 is 0.311 bits per heavy atom. The van der Waals surface area contributed by atoms with E-state index in [9.17, 15) is 0 Å². The predicted molar refractivity (Wildman–Crippen MR) is 263 cm³/mol. The Hall–Kier alpha value is -6.80. The SMILES string of the molecule is CC1(C)c2ccc(-c3ccc4c(c3)C(C)(C)c3cc5c(cc3-4)sc3c4ccccc4ccc53)cc2-c2ccc(-c3c4ccccc4c(-c4ccccc4)c4ccccc34)cc21. The lowest BCUT2D eigenvalue weighted by atomic mass is 9.80.